The first-order chi connectivity index (χ1) is 16.8. The highest BCUT2D eigenvalue weighted by Crippen LogP contribution is 2.45. The molecule has 1 aromatic heterocycles. The van der Waals surface area contributed by atoms with Crippen molar-refractivity contribution in [1.82, 2.24) is 20.3 Å². The van der Waals surface area contributed by atoms with Crippen LogP contribution in [0.5, 0.6) is 11.6 Å². The summed E-state index contributed by atoms with van der Waals surface area (Å²) in [5.74, 6) is -0.328. The minimum absolute atomic E-state index is 0.308. The van der Waals surface area contributed by atoms with E-state index in [2.05, 4.69) is 26.9 Å². The number of amides is 2. The molecule has 0 bridgehead atoms. The third-order valence-electron chi connectivity index (χ3n) is 6.88. The second-order valence-electron chi connectivity index (χ2n) is 9.30. The van der Waals surface area contributed by atoms with Crippen LogP contribution in [0.4, 0.5) is 0 Å². The fourth-order valence-electron chi connectivity index (χ4n) is 4.57. The zero-order valence-electron chi connectivity index (χ0n) is 19.3. The maximum Gasteiger partial charge on any atom is 0.259 e. The second-order valence-corrected chi connectivity index (χ2v) is 11.3. The summed E-state index contributed by atoms with van der Waals surface area (Å²) >= 11 is 0. The number of aromatic nitrogens is 1. The van der Waals surface area contributed by atoms with Gasteiger partial charge in [0.25, 0.3) is 5.91 Å². The van der Waals surface area contributed by atoms with Crippen molar-refractivity contribution in [1.29, 1.82) is 0 Å². The van der Waals surface area contributed by atoms with Gasteiger partial charge in [0.15, 0.2) is 0 Å². The molecular weight excluding hydrogens is 472 g/mol. The number of methoxy groups -OCH3 is 1. The van der Waals surface area contributed by atoms with Gasteiger partial charge < -0.3 is 20.1 Å². The monoisotopic (exact) mass is 500 g/mol. The Labute approximate surface area is 203 Å². The van der Waals surface area contributed by atoms with Gasteiger partial charge in [0.1, 0.15) is 17.4 Å². The highest BCUT2D eigenvalue weighted by atomic mass is 32.2. The normalized spacial score (nSPS) is 27.7. The minimum atomic E-state index is -3.72. The zero-order chi connectivity index (χ0) is 24.8. The van der Waals surface area contributed by atoms with Gasteiger partial charge in [-0.15, -0.1) is 6.58 Å². The number of carbonyl (C=O) groups is 2. The number of hydrogen-bond donors (Lipinski definition) is 3. The molecule has 11 heteroatoms. The van der Waals surface area contributed by atoms with Crippen LogP contribution < -0.4 is 24.8 Å². The number of nitrogens with zero attached hydrogens (tertiary/aromatic N) is 1. The predicted octanol–water partition coefficient (Wildman–Crippen LogP) is 1.02. The topological polar surface area (TPSA) is 136 Å². The van der Waals surface area contributed by atoms with E-state index in [9.17, 15) is 18.0 Å². The molecule has 3 fully saturated rings. The van der Waals surface area contributed by atoms with Gasteiger partial charge >= 0.3 is 0 Å². The summed E-state index contributed by atoms with van der Waals surface area (Å²) in [6.45, 7) is 4.13. The molecule has 2 aliphatic carbocycles. The summed E-state index contributed by atoms with van der Waals surface area (Å²) in [5.41, 5.74) is -1.30. The molecule has 2 aromatic rings. The van der Waals surface area contributed by atoms with E-state index in [0.717, 1.165) is 10.8 Å². The lowest BCUT2D eigenvalue weighted by molar-refractivity contribution is -0.130. The molecule has 2 heterocycles. The molecule has 0 unspecified atom stereocenters. The lowest BCUT2D eigenvalue weighted by atomic mass is 10.1. The van der Waals surface area contributed by atoms with E-state index in [1.54, 1.807) is 19.4 Å². The number of sulfonamides is 1. The quantitative estimate of drug-likeness (QED) is 0.435. The van der Waals surface area contributed by atoms with Crippen molar-refractivity contribution in [2.24, 2.45) is 5.92 Å². The van der Waals surface area contributed by atoms with Crippen LogP contribution in [0, 0.1) is 5.92 Å². The number of ether oxygens (including phenoxy) is 2. The molecule has 4 atom stereocenters. The number of benzene rings is 1. The van der Waals surface area contributed by atoms with E-state index in [1.807, 2.05) is 24.3 Å². The molecule has 0 radical (unpaired) electrons. The van der Waals surface area contributed by atoms with Crippen LogP contribution in [0.3, 0.4) is 0 Å². The van der Waals surface area contributed by atoms with E-state index in [1.165, 1.54) is 0 Å². The van der Waals surface area contributed by atoms with Gasteiger partial charge in [-0.05, 0) is 25.3 Å². The molecule has 10 nitrogen and oxygen atoms in total. The summed E-state index contributed by atoms with van der Waals surface area (Å²) in [7, 11) is -2.14. The van der Waals surface area contributed by atoms with Gasteiger partial charge in [-0.1, -0.05) is 24.3 Å². The van der Waals surface area contributed by atoms with Gasteiger partial charge in [0, 0.05) is 29.7 Å². The van der Waals surface area contributed by atoms with Crippen LogP contribution in [0.1, 0.15) is 25.7 Å². The standard InChI is InChI=1S/C24H28N4O6S/c1-3-14-11-24(14,23(30)28-35(31,32)16-8-9-16)27-21(29)19-10-15(12-25-19)34-22-18-7-5-4-6-17(18)20(33-2)13-26-22/h3-7,13-16,19,25H,1,8-12H2,2H3,(H,27,29)(H,28,30)/t14-,15-,19+,24-/m1/s1. The van der Waals surface area contributed by atoms with Gasteiger partial charge in [-0.3, -0.25) is 14.3 Å². The molecule has 1 aliphatic heterocycles. The molecule has 2 saturated carbocycles. The third-order valence-corrected chi connectivity index (χ3v) is 8.70. The van der Waals surface area contributed by atoms with Crippen molar-refractivity contribution in [3.05, 3.63) is 43.1 Å². The Balaban J connectivity index is 1.24. The first-order valence-corrected chi connectivity index (χ1v) is 13.1. The zero-order valence-corrected chi connectivity index (χ0v) is 20.1. The van der Waals surface area contributed by atoms with E-state index in [4.69, 9.17) is 9.47 Å². The maximum atomic E-state index is 13.0. The van der Waals surface area contributed by atoms with Crippen molar-refractivity contribution in [3.8, 4) is 11.6 Å². The molecule has 186 valence electrons. The van der Waals surface area contributed by atoms with Crippen LogP contribution in [0.15, 0.2) is 43.1 Å². The van der Waals surface area contributed by atoms with Gasteiger partial charge in [0.05, 0.1) is 24.6 Å². The minimum Gasteiger partial charge on any atom is -0.494 e. The second kappa shape index (κ2) is 8.80. The molecule has 3 aliphatic rings. The van der Waals surface area contributed by atoms with Gasteiger partial charge in [-0.2, -0.15) is 0 Å². The number of nitrogens with one attached hydrogen (secondary N) is 3. The Hall–Kier alpha value is -3.18. The molecule has 0 spiro atoms. The Bertz CT molecular complexity index is 1290. The molecule has 35 heavy (non-hydrogen) atoms. The van der Waals surface area contributed by atoms with E-state index in [-0.39, 0.29) is 17.9 Å². The van der Waals surface area contributed by atoms with Gasteiger partial charge in [0.2, 0.25) is 21.8 Å². The Morgan fingerprint density at radius 1 is 1.26 bits per heavy atom. The summed E-state index contributed by atoms with van der Waals surface area (Å²) in [4.78, 5) is 30.3. The highest BCUT2D eigenvalue weighted by molar-refractivity contribution is 7.91. The number of pyridine rings is 1. The molecule has 3 N–H and O–H groups in total. The highest BCUT2D eigenvalue weighted by Gasteiger charge is 2.61. The molecule has 5 rings (SSSR count). The Morgan fingerprint density at radius 2 is 2.00 bits per heavy atom. The first-order valence-electron chi connectivity index (χ1n) is 11.6. The lowest BCUT2D eigenvalue weighted by Gasteiger charge is -2.21. The summed E-state index contributed by atoms with van der Waals surface area (Å²) in [6, 6.07) is 7.01. The first kappa shape index (κ1) is 23.6. The van der Waals surface area contributed by atoms with Crippen molar-refractivity contribution in [2.45, 2.75) is 48.6 Å². The van der Waals surface area contributed by atoms with Crippen molar-refractivity contribution in [3.63, 3.8) is 0 Å². The third kappa shape index (κ3) is 4.45. The lowest BCUT2D eigenvalue weighted by Crippen LogP contribution is -2.55. The summed E-state index contributed by atoms with van der Waals surface area (Å²) in [5, 5.41) is 7.06. The number of carbonyl (C=O) groups excluding carboxylic acids is 2. The number of fused-ring (bicyclic) bond motifs is 1. The van der Waals surface area contributed by atoms with Crippen LogP contribution >= 0.6 is 0 Å². The van der Waals surface area contributed by atoms with E-state index in [0.29, 0.717) is 43.9 Å². The van der Waals surface area contributed by atoms with Crippen molar-refractivity contribution in [2.75, 3.05) is 13.7 Å². The molecular formula is C24H28N4O6S. The summed E-state index contributed by atoms with van der Waals surface area (Å²) < 4.78 is 38.2. The van der Waals surface area contributed by atoms with Crippen LogP contribution in [-0.4, -0.2) is 61.8 Å². The van der Waals surface area contributed by atoms with E-state index < -0.39 is 32.8 Å². The SMILES string of the molecule is C=C[C@@H]1C[C@]1(NC(=O)[C@@H]1C[C@@H](Oc2ncc(OC)c3ccccc23)CN1)C(=O)NS(=O)(=O)C1CC1. The average molecular weight is 501 g/mol. The van der Waals surface area contributed by atoms with Crippen molar-refractivity contribution < 1.29 is 27.5 Å². The maximum absolute atomic E-state index is 13.0. The molecule has 1 saturated heterocycles. The largest absolute Gasteiger partial charge is 0.494 e. The Morgan fingerprint density at radius 3 is 2.66 bits per heavy atom. The smallest absolute Gasteiger partial charge is 0.259 e. The fraction of sp³-hybridized carbons (Fsp3) is 0.458. The van der Waals surface area contributed by atoms with E-state index >= 15 is 0 Å². The fourth-order valence-corrected chi connectivity index (χ4v) is 5.93. The molecule has 1 aromatic carbocycles. The van der Waals surface area contributed by atoms with Gasteiger partial charge in [-0.25, -0.2) is 13.4 Å². The average Bonchev–Trinajstić information content (AvgIpc) is 3.76. The van der Waals surface area contributed by atoms with Crippen LogP contribution in [0.2, 0.25) is 0 Å². The predicted molar refractivity (Wildman–Crippen MR) is 128 cm³/mol. The Kier molecular flexibility index (Phi) is 5.92. The number of rotatable bonds is 9. The van der Waals surface area contributed by atoms with Crippen LogP contribution in [0.25, 0.3) is 10.8 Å². The summed E-state index contributed by atoms with van der Waals surface area (Å²) in [6.07, 6.45) is 4.61. The van der Waals surface area contributed by atoms with Crippen molar-refractivity contribution >= 4 is 32.6 Å². The molecule has 2 amide bonds. The van der Waals surface area contributed by atoms with Crippen LogP contribution in [-0.2, 0) is 19.6 Å². The number of hydrogen-bond acceptors (Lipinski definition) is 8.